The largest absolute Gasteiger partial charge is 0.363 e. The van der Waals surface area contributed by atoms with Crippen molar-refractivity contribution in [2.75, 3.05) is 37.0 Å². The van der Waals surface area contributed by atoms with Crippen LogP contribution in [0.25, 0.3) is 0 Å². The van der Waals surface area contributed by atoms with Crippen LogP contribution in [0.3, 0.4) is 0 Å². The molecule has 0 amide bonds. The standard InChI is InChI=1S/C12H17N5/c1-16(2)11-7-12(15-9-14-11)17-5-3-10(8-13)4-6-17/h7,9-10H,3-6H2,1-2H3. The molecule has 1 fully saturated rings. The molecule has 0 atom stereocenters. The second-order valence-corrected chi connectivity index (χ2v) is 4.52. The molecule has 0 bridgehead atoms. The Kier molecular flexibility index (Phi) is 3.43. The maximum absolute atomic E-state index is 8.86. The average Bonchev–Trinajstić information content (AvgIpc) is 2.39. The highest BCUT2D eigenvalue weighted by molar-refractivity contribution is 5.49. The molecule has 0 unspecified atom stereocenters. The monoisotopic (exact) mass is 231 g/mol. The lowest BCUT2D eigenvalue weighted by atomic mass is 9.99. The first kappa shape index (κ1) is 11.6. The van der Waals surface area contributed by atoms with Crippen molar-refractivity contribution in [2.45, 2.75) is 12.8 Å². The van der Waals surface area contributed by atoms with Gasteiger partial charge in [-0.1, -0.05) is 0 Å². The molecule has 0 spiro atoms. The summed E-state index contributed by atoms with van der Waals surface area (Å²) < 4.78 is 0. The first-order valence-electron chi connectivity index (χ1n) is 5.84. The molecule has 0 radical (unpaired) electrons. The number of rotatable bonds is 2. The zero-order valence-corrected chi connectivity index (χ0v) is 10.3. The van der Waals surface area contributed by atoms with E-state index in [1.54, 1.807) is 6.33 Å². The SMILES string of the molecule is CN(C)c1cc(N2CCC(C#N)CC2)ncn1. The number of hydrogen-bond acceptors (Lipinski definition) is 5. The Morgan fingerprint density at radius 1 is 1.35 bits per heavy atom. The molecule has 1 aromatic heterocycles. The molecule has 0 aromatic carbocycles. The second kappa shape index (κ2) is 5.00. The van der Waals surface area contributed by atoms with E-state index < -0.39 is 0 Å². The second-order valence-electron chi connectivity index (χ2n) is 4.52. The Balaban J connectivity index is 2.08. The molecule has 1 aliphatic heterocycles. The van der Waals surface area contributed by atoms with E-state index in [0.717, 1.165) is 37.6 Å². The van der Waals surface area contributed by atoms with E-state index in [0.29, 0.717) is 0 Å². The highest BCUT2D eigenvalue weighted by Gasteiger charge is 2.20. The van der Waals surface area contributed by atoms with Gasteiger partial charge in [-0.05, 0) is 12.8 Å². The van der Waals surface area contributed by atoms with Gasteiger partial charge in [-0.2, -0.15) is 5.26 Å². The lowest BCUT2D eigenvalue weighted by molar-refractivity contribution is 0.485. The predicted molar refractivity (Wildman–Crippen MR) is 66.9 cm³/mol. The van der Waals surface area contributed by atoms with Crippen LogP contribution < -0.4 is 9.80 Å². The van der Waals surface area contributed by atoms with Crippen LogP contribution in [0.2, 0.25) is 0 Å². The fourth-order valence-corrected chi connectivity index (χ4v) is 1.99. The summed E-state index contributed by atoms with van der Waals surface area (Å²) in [5, 5.41) is 8.86. The molecule has 17 heavy (non-hydrogen) atoms. The summed E-state index contributed by atoms with van der Waals surface area (Å²) in [7, 11) is 3.93. The molecule has 1 saturated heterocycles. The summed E-state index contributed by atoms with van der Waals surface area (Å²) in [5.74, 6) is 2.08. The van der Waals surface area contributed by atoms with Crippen LogP contribution in [-0.4, -0.2) is 37.2 Å². The van der Waals surface area contributed by atoms with E-state index in [-0.39, 0.29) is 5.92 Å². The van der Waals surface area contributed by atoms with Gasteiger partial charge in [0.2, 0.25) is 0 Å². The van der Waals surface area contributed by atoms with Crippen LogP contribution >= 0.6 is 0 Å². The zero-order chi connectivity index (χ0) is 12.3. The Labute approximate surface area is 102 Å². The third-order valence-electron chi connectivity index (χ3n) is 3.10. The molecule has 5 heteroatoms. The number of aromatic nitrogens is 2. The van der Waals surface area contributed by atoms with Gasteiger partial charge in [0.15, 0.2) is 0 Å². The van der Waals surface area contributed by atoms with Crippen LogP contribution in [0.1, 0.15) is 12.8 Å². The number of nitrogens with zero attached hydrogens (tertiary/aromatic N) is 5. The Morgan fingerprint density at radius 2 is 2.06 bits per heavy atom. The van der Waals surface area contributed by atoms with Crippen LogP contribution in [-0.2, 0) is 0 Å². The molecule has 0 aliphatic carbocycles. The van der Waals surface area contributed by atoms with Gasteiger partial charge in [0.25, 0.3) is 0 Å². The molecule has 2 rings (SSSR count). The Hall–Kier alpha value is -1.83. The van der Waals surface area contributed by atoms with Gasteiger partial charge in [-0.15, -0.1) is 0 Å². The number of piperidine rings is 1. The van der Waals surface area contributed by atoms with Crippen molar-refractivity contribution in [3.05, 3.63) is 12.4 Å². The topological polar surface area (TPSA) is 56.0 Å². The molecule has 1 aliphatic rings. The van der Waals surface area contributed by atoms with Crippen LogP contribution in [0.5, 0.6) is 0 Å². The van der Waals surface area contributed by atoms with Crippen molar-refractivity contribution in [1.82, 2.24) is 9.97 Å². The van der Waals surface area contributed by atoms with Crippen molar-refractivity contribution >= 4 is 11.6 Å². The van der Waals surface area contributed by atoms with E-state index in [4.69, 9.17) is 5.26 Å². The van der Waals surface area contributed by atoms with Gasteiger partial charge in [-0.3, -0.25) is 0 Å². The first-order chi connectivity index (χ1) is 8.20. The molecular formula is C12H17N5. The van der Waals surface area contributed by atoms with Gasteiger partial charge in [0.1, 0.15) is 18.0 Å². The minimum Gasteiger partial charge on any atom is -0.363 e. The highest BCUT2D eigenvalue weighted by Crippen LogP contribution is 2.22. The predicted octanol–water partition coefficient (Wildman–Crippen LogP) is 1.28. The van der Waals surface area contributed by atoms with Crippen molar-refractivity contribution in [3.8, 4) is 6.07 Å². The van der Waals surface area contributed by atoms with Crippen LogP contribution in [0.4, 0.5) is 11.6 Å². The van der Waals surface area contributed by atoms with Gasteiger partial charge < -0.3 is 9.80 Å². The lowest BCUT2D eigenvalue weighted by Crippen LogP contribution is -2.34. The van der Waals surface area contributed by atoms with Gasteiger partial charge in [0, 0.05) is 39.2 Å². The Morgan fingerprint density at radius 3 is 2.65 bits per heavy atom. The summed E-state index contributed by atoms with van der Waals surface area (Å²) in [6.45, 7) is 1.81. The summed E-state index contributed by atoms with van der Waals surface area (Å²) >= 11 is 0. The normalized spacial score (nSPS) is 16.6. The zero-order valence-electron chi connectivity index (χ0n) is 10.3. The van der Waals surface area contributed by atoms with Gasteiger partial charge >= 0.3 is 0 Å². The molecule has 2 heterocycles. The quantitative estimate of drug-likeness (QED) is 0.767. The molecule has 5 nitrogen and oxygen atoms in total. The fraction of sp³-hybridized carbons (Fsp3) is 0.583. The molecule has 0 saturated carbocycles. The summed E-state index contributed by atoms with van der Waals surface area (Å²) in [5.41, 5.74) is 0. The maximum atomic E-state index is 8.86. The summed E-state index contributed by atoms with van der Waals surface area (Å²) in [6.07, 6.45) is 3.46. The van der Waals surface area contributed by atoms with Crippen molar-refractivity contribution < 1.29 is 0 Å². The summed E-state index contributed by atoms with van der Waals surface area (Å²) in [6, 6.07) is 4.33. The Bertz CT molecular complexity index is 415. The maximum Gasteiger partial charge on any atom is 0.134 e. The smallest absolute Gasteiger partial charge is 0.134 e. The van der Waals surface area contributed by atoms with Gasteiger partial charge in [0.05, 0.1) is 6.07 Å². The summed E-state index contributed by atoms with van der Waals surface area (Å²) in [4.78, 5) is 12.7. The lowest BCUT2D eigenvalue weighted by Gasteiger charge is -2.30. The fourth-order valence-electron chi connectivity index (χ4n) is 1.99. The molecule has 1 aromatic rings. The van der Waals surface area contributed by atoms with E-state index in [2.05, 4.69) is 20.9 Å². The third kappa shape index (κ3) is 2.64. The molecule has 0 N–H and O–H groups in total. The van der Waals surface area contributed by atoms with E-state index >= 15 is 0 Å². The van der Waals surface area contributed by atoms with Crippen molar-refractivity contribution in [2.24, 2.45) is 5.92 Å². The molecule has 90 valence electrons. The highest BCUT2D eigenvalue weighted by atomic mass is 15.2. The number of hydrogen-bond donors (Lipinski definition) is 0. The minimum absolute atomic E-state index is 0.210. The van der Waals surface area contributed by atoms with E-state index in [1.165, 1.54) is 0 Å². The first-order valence-corrected chi connectivity index (χ1v) is 5.84. The molecular weight excluding hydrogens is 214 g/mol. The van der Waals surface area contributed by atoms with Gasteiger partial charge in [-0.25, -0.2) is 9.97 Å². The van der Waals surface area contributed by atoms with E-state index in [9.17, 15) is 0 Å². The number of anilines is 2. The van der Waals surface area contributed by atoms with Crippen molar-refractivity contribution in [3.63, 3.8) is 0 Å². The third-order valence-corrected chi connectivity index (χ3v) is 3.10. The average molecular weight is 231 g/mol. The minimum atomic E-state index is 0.210. The number of nitriles is 1. The van der Waals surface area contributed by atoms with Crippen molar-refractivity contribution in [1.29, 1.82) is 5.26 Å². The van der Waals surface area contributed by atoms with Crippen LogP contribution in [0.15, 0.2) is 12.4 Å². The van der Waals surface area contributed by atoms with Crippen LogP contribution in [0, 0.1) is 17.2 Å². The van der Waals surface area contributed by atoms with E-state index in [1.807, 2.05) is 25.1 Å².